The number of carbonyl (C=O) groups excluding carboxylic acids is 1. The summed E-state index contributed by atoms with van der Waals surface area (Å²) in [4.78, 5) is 10.7. The van der Waals surface area contributed by atoms with Crippen molar-refractivity contribution >= 4 is 16.7 Å². The zero-order valence-corrected chi connectivity index (χ0v) is 11.9. The Hall–Kier alpha value is -2.21. The van der Waals surface area contributed by atoms with Crippen molar-refractivity contribution in [3.8, 4) is 11.5 Å². The van der Waals surface area contributed by atoms with E-state index in [0.29, 0.717) is 11.5 Å². The Morgan fingerprint density at radius 3 is 2.10 bits per heavy atom. The van der Waals surface area contributed by atoms with E-state index in [9.17, 15) is 13.4 Å². The van der Waals surface area contributed by atoms with Crippen LogP contribution in [0.2, 0.25) is 0 Å². The van der Waals surface area contributed by atoms with Crippen molar-refractivity contribution in [2.24, 2.45) is 5.73 Å². The van der Waals surface area contributed by atoms with Crippen LogP contribution in [0.25, 0.3) is 0 Å². The third-order valence-electron chi connectivity index (χ3n) is 2.60. The molecule has 6 heteroatoms. The highest BCUT2D eigenvalue weighted by atomic mass is 32.2. The summed E-state index contributed by atoms with van der Waals surface area (Å²) in [5.41, 5.74) is 5.81. The molecule has 2 aromatic carbocycles. The average Bonchev–Trinajstić information content (AvgIpc) is 2.42. The number of rotatable bonds is 6. The van der Waals surface area contributed by atoms with E-state index in [2.05, 4.69) is 0 Å². The molecule has 110 valence electrons. The van der Waals surface area contributed by atoms with Gasteiger partial charge in [0.2, 0.25) is 5.91 Å². The van der Waals surface area contributed by atoms with Gasteiger partial charge >= 0.3 is 0 Å². The smallest absolute Gasteiger partial charge is 0.230 e. The zero-order chi connectivity index (χ0) is 15.2. The second-order valence-electron chi connectivity index (χ2n) is 4.39. The van der Waals surface area contributed by atoms with Crippen molar-refractivity contribution < 1.29 is 18.1 Å². The number of hydrogen-bond donors (Lipinski definition) is 1. The van der Waals surface area contributed by atoms with Crippen molar-refractivity contribution in [3.63, 3.8) is 0 Å². The number of amides is 1. The van der Waals surface area contributed by atoms with Crippen LogP contribution < -0.4 is 10.5 Å². The second kappa shape index (κ2) is 6.99. The quantitative estimate of drug-likeness (QED) is 0.890. The van der Waals surface area contributed by atoms with Gasteiger partial charge < -0.3 is 10.5 Å². The molecule has 2 rings (SSSR count). The van der Waals surface area contributed by atoms with E-state index >= 15 is 0 Å². The SMILES string of the molecule is NC(=O)C[S@@](=O)Cc1ccc(Oc2ccc(F)cc2)cc1. The molecule has 0 heterocycles. The first kappa shape index (κ1) is 15.2. The van der Waals surface area contributed by atoms with E-state index in [-0.39, 0.29) is 17.3 Å². The molecular formula is C15H14FNO3S. The van der Waals surface area contributed by atoms with Crippen molar-refractivity contribution in [1.29, 1.82) is 0 Å². The van der Waals surface area contributed by atoms with Crippen LogP contribution in [0.15, 0.2) is 48.5 Å². The molecule has 1 amide bonds. The normalized spacial score (nSPS) is 11.9. The van der Waals surface area contributed by atoms with E-state index in [1.54, 1.807) is 24.3 Å². The van der Waals surface area contributed by atoms with Gasteiger partial charge in [-0.25, -0.2) is 4.39 Å². The minimum absolute atomic E-state index is 0.145. The first-order chi connectivity index (χ1) is 10.0. The summed E-state index contributed by atoms with van der Waals surface area (Å²) in [7, 11) is -1.31. The Bertz CT molecular complexity index is 641. The second-order valence-corrected chi connectivity index (χ2v) is 5.85. The molecule has 0 spiro atoms. The Morgan fingerprint density at radius 2 is 1.57 bits per heavy atom. The minimum Gasteiger partial charge on any atom is -0.457 e. The van der Waals surface area contributed by atoms with Crippen molar-refractivity contribution in [2.45, 2.75) is 5.75 Å². The van der Waals surface area contributed by atoms with Crippen LogP contribution >= 0.6 is 0 Å². The van der Waals surface area contributed by atoms with E-state index in [4.69, 9.17) is 10.5 Å². The van der Waals surface area contributed by atoms with E-state index < -0.39 is 16.7 Å². The summed E-state index contributed by atoms with van der Waals surface area (Å²) in [6.07, 6.45) is 0. The fourth-order valence-corrected chi connectivity index (χ4v) is 2.67. The first-order valence-electron chi connectivity index (χ1n) is 6.18. The molecule has 21 heavy (non-hydrogen) atoms. The first-order valence-corrected chi connectivity index (χ1v) is 7.67. The van der Waals surface area contributed by atoms with E-state index in [0.717, 1.165) is 5.56 Å². The summed E-state index contributed by atoms with van der Waals surface area (Å²) in [5.74, 6) is 0.333. The van der Waals surface area contributed by atoms with Gasteiger partial charge in [0.05, 0.1) is 0 Å². The highest BCUT2D eigenvalue weighted by Crippen LogP contribution is 2.22. The lowest BCUT2D eigenvalue weighted by Gasteiger charge is -2.06. The fourth-order valence-electron chi connectivity index (χ4n) is 1.69. The van der Waals surface area contributed by atoms with Crippen LogP contribution in [-0.4, -0.2) is 15.9 Å². The molecule has 0 aromatic heterocycles. The molecule has 2 N–H and O–H groups in total. The summed E-state index contributed by atoms with van der Waals surface area (Å²) in [5, 5.41) is 0. The van der Waals surface area contributed by atoms with E-state index in [1.807, 2.05) is 0 Å². The lowest BCUT2D eigenvalue weighted by atomic mass is 10.2. The molecule has 0 saturated carbocycles. The van der Waals surface area contributed by atoms with E-state index in [1.165, 1.54) is 24.3 Å². The van der Waals surface area contributed by atoms with Gasteiger partial charge in [0.1, 0.15) is 23.1 Å². The molecule has 0 bridgehead atoms. The van der Waals surface area contributed by atoms with Crippen LogP contribution in [-0.2, 0) is 21.3 Å². The van der Waals surface area contributed by atoms with Gasteiger partial charge in [-0.05, 0) is 42.0 Å². The highest BCUT2D eigenvalue weighted by molar-refractivity contribution is 7.84. The topological polar surface area (TPSA) is 69.4 Å². The predicted molar refractivity (Wildman–Crippen MR) is 78.8 cm³/mol. The molecule has 2 aromatic rings. The van der Waals surface area contributed by atoms with Gasteiger partial charge in [-0.1, -0.05) is 12.1 Å². The number of hydrogen-bond acceptors (Lipinski definition) is 3. The summed E-state index contributed by atoms with van der Waals surface area (Å²) >= 11 is 0. The molecular weight excluding hydrogens is 293 g/mol. The van der Waals surface area contributed by atoms with Gasteiger partial charge in [0, 0.05) is 16.6 Å². The number of benzene rings is 2. The van der Waals surface area contributed by atoms with Crippen LogP contribution in [0.1, 0.15) is 5.56 Å². The van der Waals surface area contributed by atoms with Crippen LogP contribution in [0, 0.1) is 5.82 Å². The molecule has 0 radical (unpaired) electrons. The third kappa shape index (κ3) is 5.00. The Balaban J connectivity index is 1.97. The maximum atomic E-state index is 12.8. The van der Waals surface area contributed by atoms with Gasteiger partial charge in [-0.15, -0.1) is 0 Å². The number of ether oxygens (including phenoxy) is 1. The lowest BCUT2D eigenvalue weighted by Crippen LogP contribution is -2.20. The summed E-state index contributed by atoms with van der Waals surface area (Å²) in [6.45, 7) is 0. The molecule has 0 unspecified atom stereocenters. The fraction of sp³-hybridized carbons (Fsp3) is 0.133. The van der Waals surface area contributed by atoms with Crippen molar-refractivity contribution in [2.75, 3.05) is 5.75 Å². The summed E-state index contributed by atoms with van der Waals surface area (Å²) < 4.78 is 29.9. The molecule has 0 fully saturated rings. The highest BCUT2D eigenvalue weighted by Gasteiger charge is 2.06. The Morgan fingerprint density at radius 1 is 1.05 bits per heavy atom. The van der Waals surface area contributed by atoms with Crippen molar-refractivity contribution in [3.05, 3.63) is 59.9 Å². The number of primary amides is 1. The maximum Gasteiger partial charge on any atom is 0.230 e. The molecule has 4 nitrogen and oxygen atoms in total. The van der Waals surface area contributed by atoms with Crippen LogP contribution in [0.5, 0.6) is 11.5 Å². The van der Waals surface area contributed by atoms with Crippen LogP contribution in [0.3, 0.4) is 0 Å². The average molecular weight is 307 g/mol. The van der Waals surface area contributed by atoms with Gasteiger partial charge in [-0.3, -0.25) is 9.00 Å². The minimum atomic E-state index is -1.31. The monoisotopic (exact) mass is 307 g/mol. The number of halogens is 1. The van der Waals surface area contributed by atoms with Gasteiger partial charge in [0.15, 0.2) is 0 Å². The standard InChI is InChI=1S/C15H14FNO3S/c16-12-3-7-14(8-4-12)20-13-5-1-11(2-6-13)9-21(19)10-15(17)18/h1-8H,9-10H2,(H2,17,18)/t21-/m0/s1. The van der Waals surface area contributed by atoms with Gasteiger partial charge in [0.25, 0.3) is 0 Å². The van der Waals surface area contributed by atoms with Crippen molar-refractivity contribution in [1.82, 2.24) is 0 Å². The Kier molecular flexibility index (Phi) is 5.05. The number of carbonyl (C=O) groups is 1. The zero-order valence-electron chi connectivity index (χ0n) is 11.1. The molecule has 0 saturated heterocycles. The Labute approximate surface area is 124 Å². The predicted octanol–water partition coefficient (Wildman–Crippen LogP) is 2.35. The largest absolute Gasteiger partial charge is 0.457 e. The molecule has 0 aliphatic heterocycles. The van der Waals surface area contributed by atoms with Gasteiger partial charge in [-0.2, -0.15) is 0 Å². The maximum absolute atomic E-state index is 12.8. The molecule has 1 atom stereocenters. The summed E-state index contributed by atoms with van der Waals surface area (Å²) in [6, 6.07) is 12.7. The molecule has 0 aliphatic carbocycles. The van der Waals surface area contributed by atoms with Crippen LogP contribution in [0.4, 0.5) is 4.39 Å². The number of nitrogens with two attached hydrogens (primary N) is 1. The third-order valence-corrected chi connectivity index (χ3v) is 3.87. The lowest BCUT2D eigenvalue weighted by molar-refractivity contribution is -0.115. The molecule has 0 aliphatic rings.